The zero-order valence-corrected chi connectivity index (χ0v) is 20.2. The Morgan fingerprint density at radius 3 is 2.69 bits per heavy atom. The van der Waals surface area contributed by atoms with Crippen LogP contribution >= 0.6 is 0 Å². The van der Waals surface area contributed by atoms with Crippen LogP contribution in [0.2, 0.25) is 0 Å². The highest BCUT2D eigenvalue weighted by Gasteiger charge is 2.31. The second-order valence-corrected chi connectivity index (χ2v) is 8.10. The third kappa shape index (κ3) is 5.93. The van der Waals surface area contributed by atoms with Gasteiger partial charge in [-0.2, -0.15) is 13.2 Å². The largest absolute Gasteiger partial charge is 0.416 e. The van der Waals surface area contributed by atoms with Crippen LogP contribution in [-0.2, 0) is 6.18 Å². The van der Waals surface area contributed by atoms with E-state index in [1.165, 1.54) is 24.4 Å². The maximum atomic E-state index is 14.0. The summed E-state index contributed by atoms with van der Waals surface area (Å²) in [6, 6.07) is -0.892. The topological polar surface area (TPSA) is 97.6 Å². The number of amides is 1. The highest BCUT2D eigenvalue weighted by atomic mass is 19.4. The molecule has 196 valence electrons. The van der Waals surface area contributed by atoms with E-state index >= 15 is 0 Å². The third-order valence-electron chi connectivity index (χ3n) is 5.23. The predicted octanol–water partition coefficient (Wildman–Crippen LogP) is 6.36. The molecule has 0 saturated heterocycles. The Bertz CT molecular complexity index is 2140. The number of pyridine rings is 1. The van der Waals surface area contributed by atoms with E-state index in [1.807, 2.05) is 0 Å². The van der Waals surface area contributed by atoms with E-state index in [9.17, 15) is 18.0 Å². The summed E-state index contributed by atoms with van der Waals surface area (Å²) in [7, 11) is 0. The molecule has 0 bridgehead atoms. The van der Waals surface area contributed by atoms with E-state index in [1.54, 1.807) is 13.8 Å². The van der Waals surface area contributed by atoms with E-state index in [4.69, 9.17) is 12.3 Å². The van der Waals surface area contributed by atoms with Gasteiger partial charge in [0.2, 0.25) is 5.95 Å². The van der Waals surface area contributed by atoms with Crippen LogP contribution < -0.4 is 10.6 Å². The molecule has 0 aliphatic rings. The molecular weight excluding hydrogens is 507 g/mol. The first-order valence-corrected chi connectivity index (χ1v) is 11.1. The molecule has 0 unspecified atom stereocenters. The number of nitrogens with one attached hydrogen (secondary N) is 2. The first-order chi connectivity index (χ1) is 22.4. The predicted molar refractivity (Wildman–Crippen MR) is 141 cm³/mol. The van der Waals surface area contributed by atoms with Crippen molar-refractivity contribution in [2.45, 2.75) is 20.0 Å². The molecule has 8 nitrogen and oxygen atoms in total. The minimum absolute atomic E-state index is 0.148. The SMILES string of the molecule is [2H]c1nc(Nc2cc(C(=O)Nc3c([2H])c(-n4cnc(C)c4)c([2H])c(C(F)(F)F)c3[2H])ccc2C)nc(-c2c([2H])nc([2H])c([2H])c2[2H])c1[2H]. The van der Waals surface area contributed by atoms with Crippen molar-refractivity contribution in [3.05, 3.63) is 108 Å². The fourth-order valence-corrected chi connectivity index (χ4v) is 3.35. The number of carbonyl (C=O) groups excluding carboxylic acids is 1. The number of aromatic nitrogens is 5. The van der Waals surface area contributed by atoms with Gasteiger partial charge in [-0.05, 0) is 67.8 Å². The van der Waals surface area contributed by atoms with Gasteiger partial charge in [0, 0.05) is 52.9 Å². The van der Waals surface area contributed by atoms with Gasteiger partial charge in [0.05, 0.1) is 35.6 Å². The van der Waals surface area contributed by atoms with Gasteiger partial charge in [0.25, 0.3) is 5.91 Å². The van der Waals surface area contributed by atoms with Gasteiger partial charge in [0.1, 0.15) is 0 Å². The average Bonchev–Trinajstić information content (AvgIpc) is 3.42. The number of rotatable bonds is 6. The molecule has 3 aromatic heterocycles. The lowest BCUT2D eigenvalue weighted by Crippen LogP contribution is -2.14. The van der Waals surface area contributed by atoms with E-state index in [-0.39, 0.29) is 28.5 Å². The second kappa shape index (κ2) is 10.4. The van der Waals surface area contributed by atoms with Gasteiger partial charge in [-0.15, -0.1) is 0 Å². The van der Waals surface area contributed by atoms with Gasteiger partial charge in [-0.1, -0.05) is 6.07 Å². The molecule has 11 heteroatoms. The average molecular weight is 539 g/mol. The van der Waals surface area contributed by atoms with Crippen molar-refractivity contribution in [3.8, 4) is 16.9 Å². The lowest BCUT2D eigenvalue weighted by Gasteiger charge is -2.14. The summed E-state index contributed by atoms with van der Waals surface area (Å²) in [6.07, 6.45) is -4.63. The van der Waals surface area contributed by atoms with Crippen LogP contribution in [-0.4, -0.2) is 30.4 Å². The Balaban J connectivity index is 1.54. The van der Waals surface area contributed by atoms with Gasteiger partial charge in [-0.3, -0.25) is 9.78 Å². The minimum Gasteiger partial charge on any atom is -0.324 e. The Morgan fingerprint density at radius 2 is 1.92 bits per heavy atom. The number of alkyl halides is 3. The summed E-state index contributed by atoms with van der Waals surface area (Å²) in [5.41, 5.74) is -2.86. The molecule has 0 radical (unpaired) electrons. The summed E-state index contributed by atoms with van der Waals surface area (Å²) in [4.78, 5) is 28.9. The van der Waals surface area contributed by atoms with E-state index < -0.39 is 83.8 Å². The van der Waals surface area contributed by atoms with Crippen molar-refractivity contribution >= 4 is 23.2 Å². The molecule has 0 aliphatic heterocycles. The minimum atomic E-state index is -5.17. The van der Waals surface area contributed by atoms with Crippen molar-refractivity contribution in [1.82, 2.24) is 24.5 Å². The van der Waals surface area contributed by atoms with Crippen LogP contribution in [0.25, 0.3) is 16.9 Å². The first-order valence-electron chi connectivity index (χ1n) is 15.6. The fourth-order valence-electron chi connectivity index (χ4n) is 3.35. The molecule has 0 spiro atoms. The zero-order valence-electron chi connectivity index (χ0n) is 29.2. The Labute approximate surface area is 234 Å². The highest BCUT2D eigenvalue weighted by molar-refractivity contribution is 6.05. The van der Waals surface area contributed by atoms with Gasteiger partial charge >= 0.3 is 6.18 Å². The van der Waals surface area contributed by atoms with E-state index in [2.05, 4.69) is 30.6 Å². The summed E-state index contributed by atoms with van der Waals surface area (Å²) in [6.45, 7) is 3.17. The maximum absolute atomic E-state index is 14.0. The number of halogens is 3. The molecule has 2 N–H and O–H groups in total. The lowest BCUT2D eigenvalue weighted by atomic mass is 10.1. The Hall–Kier alpha value is -5.06. The maximum Gasteiger partial charge on any atom is 0.416 e. The van der Waals surface area contributed by atoms with Crippen LogP contribution in [0.5, 0.6) is 0 Å². The zero-order chi connectivity index (χ0) is 35.4. The van der Waals surface area contributed by atoms with Crippen LogP contribution in [0.4, 0.5) is 30.5 Å². The molecule has 3 heterocycles. The van der Waals surface area contributed by atoms with Crippen molar-refractivity contribution in [3.63, 3.8) is 0 Å². The van der Waals surface area contributed by atoms with Crippen molar-refractivity contribution in [1.29, 1.82) is 0 Å². The molecule has 5 aromatic rings. The quantitative estimate of drug-likeness (QED) is 0.261. The number of anilines is 3. The number of aryl methyl sites for hydroxylation is 2. The highest BCUT2D eigenvalue weighted by Crippen LogP contribution is 2.33. The summed E-state index contributed by atoms with van der Waals surface area (Å²) in [5.74, 6) is -1.32. The summed E-state index contributed by atoms with van der Waals surface area (Å²) in [5, 5.41) is 4.98. The molecule has 39 heavy (non-hydrogen) atoms. The molecule has 1 amide bonds. The van der Waals surface area contributed by atoms with Crippen molar-refractivity contribution in [2.24, 2.45) is 0 Å². The Kier molecular flexibility index (Phi) is 4.44. The number of imidazole rings is 1. The number of nitrogens with zero attached hydrogens (tertiary/aromatic N) is 5. The van der Waals surface area contributed by atoms with Crippen LogP contribution in [0.1, 0.15) is 39.5 Å². The van der Waals surface area contributed by atoms with Gasteiger partial charge in [-0.25, -0.2) is 15.0 Å². The van der Waals surface area contributed by atoms with Crippen LogP contribution in [0.3, 0.4) is 0 Å². The number of benzene rings is 2. The van der Waals surface area contributed by atoms with Crippen molar-refractivity contribution < 1.29 is 30.3 Å². The second-order valence-electron chi connectivity index (χ2n) is 8.10. The van der Waals surface area contributed by atoms with Gasteiger partial charge < -0.3 is 15.2 Å². The number of hydrogen-bond donors (Lipinski definition) is 2. The molecule has 0 aliphatic carbocycles. The summed E-state index contributed by atoms with van der Waals surface area (Å²) >= 11 is 0. The molecular formula is C28H22F3N7O. The van der Waals surface area contributed by atoms with Gasteiger partial charge in [0.15, 0.2) is 0 Å². The summed E-state index contributed by atoms with van der Waals surface area (Å²) < 4.78 is 116. The molecule has 5 rings (SSSR count). The van der Waals surface area contributed by atoms with Crippen LogP contribution in [0, 0.1) is 13.8 Å². The number of hydrogen-bond acceptors (Lipinski definition) is 6. The monoisotopic (exact) mass is 538 g/mol. The van der Waals surface area contributed by atoms with Crippen molar-refractivity contribution in [2.75, 3.05) is 10.6 Å². The van der Waals surface area contributed by atoms with E-state index in [0.717, 1.165) is 10.9 Å². The Morgan fingerprint density at radius 1 is 1.08 bits per heavy atom. The van der Waals surface area contributed by atoms with Crippen LogP contribution in [0.15, 0.2) is 85.5 Å². The molecule has 0 atom stereocenters. The third-order valence-corrected chi connectivity index (χ3v) is 5.23. The standard InChI is InChI=1S/C28H22F3N7O/c1-17-5-6-19(10-25(17)37-27-33-9-7-24(36-27)20-4-3-8-32-14-20)26(39)35-22-11-21(28(29,30)31)12-23(13-22)38-15-18(2)34-16-38/h3-16H,1-2H3,(H,35,39)(H,33,36,37)/i3D,4D,7D,8D,9D,11D,12D,13D,14D. The van der Waals surface area contributed by atoms with E-state index in [0.29, 0.717) is 11.3 Å². The molecule has 0 fully saturated rings. The lowest BCUT2D eigenvalue weighted by molar-refractivity contribution is -0.137. The number of carbonyl (C=O) groups is 1. The molecule has 0 saturated carbocycles. The first kappa shape index (κ1) is 16.7. The molecule has 2 aromatic carbocycles. The fraction of sp³-hybridized carbons (Fsp3) is 0.107. The smallest absolute Gasteiger partial charge is 0.324 e. The normalized spacial score (nSPS) is 14.5.